The van der Waals surface area contributed by atoms with Crippen LogP contribution in [0.2, 0.25) is 0 Å². The van der Waals surface area contributed by atoms with Crippen LogP contribution in [0, 0.1) is 0 Å². The van der Waals surface area contributed by atoms with Crippen molar-refractivity contribution in [3.63, 3.8) is 0 Å². The lowest BCUT2D eigenvalue weighted by molar-refractivity contribution is 0.279. The number of rotatable bonds is 8. The van der Waals surface area contributed by atoms with Crippen molar-refractivity contribution in [3.8, 4) is 0 Å². The van der Waals surface area contributed by atoms with Crippen molar-refractivity contribution < 1.29 is 0 Å². The highest BCUT2D eigenvalue weighted by Gasteiger charge is 2.28. The van der Waals surface area contributed by atoms with Gasteiger partial charge in [-0.3, -0.25) is 4.99 Å². The van der Waals surface area contributed by atoms with Gasteiger partial charge in [-0.1, -0.05) is 44.2 Å². The SMILES string of the molecule is CCC(CC)(CNC(=NC)NCCN1CCCN(C)CC1)c1ccccc1. The van der Waals surface area contributed by atoms with Crippen LogP contribution in [-0.4, -0.2) is 75.7 Å². The Morgan fingerprint density at radius 3 is 2.44 bits per heavy atom. The van der Waals surface area contributed by atoms with Gasteiger partial charge < -0.3 is 20.4 Å². The number of nitrogens with zero attached hydrogens (tertiary/aromatic N) is 3. The molecule has 1 fully saturated rings. The lowest BCUT2D eigenvalue weighted by atomic mass is 9.76. The second-order valence-corrected chi connectivity index (χ2v) is 7.70. The molecular weight excluding hydrogens is 334 g/mol. The Morgan fingerprint density at radius 1 is 1.04 bits per heavy atom. The van der Waals surface area contributed by atoms with Crippen molar-refractivity contribution in [2.24, 2.45) is 4.99 Å². The van der Waals surface area contributed by atoms with Crippen molar-refractivity contribution in [3.05, 3.63) is 35.9 Å². The molecule has 1 saturated heterocycles. The molecule has 27 heavy (non-hydrogen) atoms. The molecule has 0 saturated carbocycles. The lowest BCUT2D eigenvalue weighted by Gasteiger charge is -2.33. The summed E-state index contributed by atoms with van der Waals surface area (Å²) in [5.41, 5.74) is 1.56. The minimum atomic E-state index is 0.147. The summed E-state index contributed by atoms with van der Waals surface area (Å²) in [5.74, 6) is 0.907. The summed E-state index contributed by atoms with van der Waals surface area (Å²) in [5, 5.41) is 7.08. The van der Waals surface area contributed by atoms with Gasteiger partial charge in [0.15, 0.2) is 5.96 Å². The normalized spacial score (nSPS) is 17.6. The summed E-state index contributed by atoms with van der Waals surface area (Å²) >= 11 is 0. The Balaban J connectivity index is 1.83. The minimum absolute atomic E-state index is 0.147. The molecule has 0 aromatic heterocycles. The molecule has 2 rings (SSSR count). The van der Waals surface area contributed by atoms with E-state index in [1.165, 1.54) is 31.6 Å². The van der Waals surface area contributed by atoms with Gasteiger partial charge in [-0.2, -0.15) is 0 Å². The van der Waals surface area contributed by atoms with Crippen molar-refractivity contribution >= 4 is 5.96 Å². The fraction of sp³-hybridized carbons (Fsp3) is 0.682. The standard InChI is InChI=1S/C22H39N5/c1-5-22(6-2,20-11-8-7-9-12-20)19-25-21(23-3)24-13-16-27-15-10-14-26(4)17-18-27/h7-9,11-12H,5-6,10,13-19H2,1-4H3,(H2,23,24,25). The van der Waals surface area contributed by atoms with Crippen LogP contribution >= 0.6 is 0 Å². The molecule has 1 aliphatic heterocycles. The van der Waals surface area contributed by atoms with Gasteiger partial charge in [0.25, 0.3) is 0 Å². The Hall–Kier alpha value is -1.59. The summed E-state index contributed by atoms with van der Waals surface area (Å²) < 4.78 is 0. The van der Waals surface area contributed by atoms with E-state index in [9.17, 15) is 0 Å². The molecule has 0 spiro atoms. The third-order valence-corrected chi connectivity index (χ3v) is 6.09. The largest absolute Gasteiger partial charge is 0.356 e. The highest BCUT2D eigenvalue weighted by Crippen LogP contribution is 2.30. The Labute approximate surface area is 166 Å². The molecule has 152 valence electrons. The van der Waals surface area contributed by atoms with E-state index >= 15 is 0 Å². The molecule has 2 N–H and O–H groups in total. The first-order valence-electron chi connectivity index (χ1n) is 10.5. The van der Waals surface area contributed by atoms with Gasteiger partial charge in [0.05, 0.1) is 0 Å². The first-order chi connectivity index (χ1) is 13.1. The fourth-order valence-corrected chi connectivity index (χ4v) is 3.93. The van der Waals surface area contributed by atoms with Crippen LogP contribution in [-0.2, 0) is 5.41 Å². The first kappa shape index (κ1) is 21.7. The number of hydrogen-bond donors (Lipinski definition) is 2. The van der Waals surface area contributed by atoms with E-state index in [1.54, 1.807) is 0 Å². The average Bonchev–Trinajstić information content (AvgIpc) is 2.92. The first-order valence-corrected chi connectivity index (χ1v) is 10.5. The monoisotopic (exact) mass is 373 g/mol. The smallest absolute Gasteiger partial charge is 0.191 e. The Kier molecular flexibility index (Phi) is 9.08. The second kappa shape index (κ2) is 11.3. The van der Waals surface area contributed by atoms with Crippen LogP contribution in [0.3, 0.4) is 0 Å². The van der Waals surface area contributed by atoms with Crippen LogP contribution in [0.15, 0.2) is 35.3 Å². The lowest BCUT2D eigenvalue weighted by Crippen LogP contribution is -2.47. The zero-order chi connectivity index (χ0) is 19.5. The molecule has 0 amide bonds. The maximum atomic E-state index is 4.43. The maximum Gasteiger partial charge on any atom is 0.191 e. The number of nitrogens with one attached hydrogen (secondary N) is 2. The van der Waals surface area contributed by atoms with Crippen LogP contribution < -0.4 is 10.6 Å². The van der Waals surface area contributed by atoms with Gasteiger partial charge in [-0.15, -0.1) is 0 Å². The molecule has 5 heteroatoms. The third-order valence-electron chi connectivity index (χ3n) is 6.09. The van der Waals surface area contributed by atoms with Crippen molar-refractivity contribution in [2.45, 2.75) is 38.5 Å². The van der Waals surface area contributed by atoms with Crippen LogP contribution in [0.4, 0.5) is 0 Å². The van der Waals surface area contributed by atoms with Crippen molar-refractivity contribution in [1.29, 1.82) is 0 Å². The van der Waals surface area contributed by atoms with E-state index in [4.69, 9.17) is 0 Å². The number of aliphatic imine (C=N–C) groups is 1. The van der Waals surface area contributed by atoms with Crippen molar-refractivity contribution in [2.75, 3.05) is 59.9 Å². The van der Waals surface area contributed by atoms with E-state index in [0.29, 0.717) is 0 Å². The van der Waals surface area contributed by atoms with E-state index in [-0.39, 0.29) is 5.41 Å². The zero-order valence-electron chi connectivity index (χ0n) is 17.8. The molecule has 0 unspecified atom stereocenters. The predicted molar refractivity (Wildman–Crippen MR) is 117 cm³/mol. The van der Waals surface area contributed by atoms with E-state index in [1.807, 2.05) is 7.05 Å². The maximum absolute atomic E-state index is 4.43. The summed E-state index contributed by atoms with van der Waals surface area (Å²) in [6.45, 7) is 12.2. The van der Waals surface area contributed by atoms with Gasteiger partial charge in [0, 0.05) is 45.2 Å². The van der Waals surface area contributed by atoms with Crippen LogP contribution in [0.25, 0.3) is 0 Å². The Morgan fingerprint density at radius 2 is 1.78 bits per heavy atom. The van der Waals surface area contributed by atoms with Crippen molar-refractivity contribution in [1.82, 2.24) is 20.4 Å². The zero-order valence-corrected chi connectivity index (χ0v) is 17.8. The average molecular weight is 374 g/mol. The van der Waals surface area contributed by atoms with E-state index in [2.05, 4.69) is 76.7 Å². The molecule has 0 radical (unpaired) electrons. The van der Waals surface area contributed by atoms with Gasteiger partial charge in [0.1, 0.15) is 0 Å². The molecule has 0 bridgehead atoms. The quantitative estimate of drug-likeness (QED) is 0.543. The van der Waals surface area contributed by atoms with Crippen LogP contribution in [0.1, 0.15) is 38.7 Å². The van der Waals surface area contributed by atoms with Gasteiger partial charge in [0.2, 0.25) is 0 Å². The van der Waals surface area contributed by atoms with Gasteiger partial charge >= 0.3 is 0 Å². The van der Waals surface area contributed by atoms with Gasteiger partial charge in [-0.25, -0.2) is 0 Å². The number of hydrogen-bond acceptors (Lipinski definition) is 3. The minimum Gasteiger partial charge on any atom is -0.356 e. The summed E-state index contributed by atoms with van der Waals surface area (Å²) in [6.07, 6.45) is 3.48. The predicted octanol–water partition coefficient (Wildman–Crippen LogP) is 2.55. The molecule has 1 heterocycles. The molecular formula is C22H39N5. The fourth-order valence-electron chi connectivity index (χ4n) is 3.93. The highest BCUT2D eigenvalue weighted by atomic mass is 15.2. The molecule has 1 aromatic rings. The summed E-state index contributed by atoms with van der Waals surface area (Å²) in [7, 11) is 4.08. The molecule has 0 atom stereocenters. The number of likely N-dealkylation sites (N-methyl/N-ethyl adjacent to an activating group) is 1. The van der Waals surface area contributed by atoms with E-state index < -0.39 is 0 Å². The molecule has 0 aliphatic carbocycles. The van der Waals surface area contributed by atoms with E-state index in [0.717, 1.165) is 45.0 Å². The second-order valence-electron chi connectivity index (χ2n) is 7.70. The molecule has 5 nitrogen and oxygen atoms in total. The van der Waals surface area contributed by atoms with Gasteiger partial charge in [-0.05, 0) is 45.0 Å². The van der Waals surface area contributed by atoms with Crippen LogP contribution in [0.5, 0.6) is 0 Å². The topological polar surface area (TPSA) is 42.9 Å². The highest BCUT2D eigenvalue weighted by molar-refractivity contribution is 5.79. The molecule has 1 aromatic carbocycles. The number of guanidine groups is 1. The summed E-state index contributed by atoms with van der Waals surface area (Å²) in [6, 6.07) is 10.9. The summed E-state index contributed by atoms with van der Waals surface area (Å²) in [4.78, 5) is 9.41. The Bertz CT molecular complexity index is 553. The third kappa shape index (κ3) is 6.51. The number of benzene rings is 1. The molecule has 1 aliphatic rings.